The van der Waals surface area contributed by atoms with Gasteiger partial charge in [0.2, 0.25) is 0 Å². The summed E-state index contributed by atoms with van der Waals surface area (Å²) in [5.41, 5.74) is 2.09. The number of hydrogen-bond donors (Lipinski definition) is 0. The molecule has 0 N–H and O–H groups in total. The lowest BCUT2D eigenvalue weighted by Gasteiger charge is -2.01. The Morgan fingerprint density at radius 1 is 1.00 bits per heavy atom. The predicted octanol–water partition coefficient (Wildman–Crippen LogP) is 3.79. The molecule has 2 nitrogen and oxygen atoms in total. The molecule has 1 heterocycles. The quantitative estimate of drug-likeness (QED) is 0.425. The Balaban J connectivity index is 1.94. The van der Waals surface area contributed by atoms with E-state index in [0.717, 1.165) is 31.4 Å². The Bertz CT molecular complexity index is 531. The fraction of sp³-hybridized carbons (Fsp3) is 0.333. The number of nitrogens with zero attached hydrogens (tertiary/aromatic N) is 1. The third-order valence-corrected chi connectivity index (χ3v) is 3.43. The van der Waals surface area contributed by atoms with Crippen molar-refractivity contribution in [1.82, 2.24) is 0 Å². The number of hydrogen-bond acceptors (Lipinski definition) is 1. The Kier molecular flexibility index (Phi) is 5.48. The molecule has 0 spiro atoms. The minimum absolute atomic E-state index is 0.255. The molecule has 0 amide bonds. The fourth-order valence-corrected chi connectivity index (χ4v) is 2.22. The fourth-order valence-electron chi connectivity index (χ4n) is 2.22. The molecule has 0 saturated heterocycles. The molecule has 1 aromatic heterocycles. The summed E-state index contributed by atoms with van der Waals surface area (Å²) in [6, 6.07) is 14.2. The van der Waals surface area contributed by atoms with Crippen LogP contribution < -0.4 is 4.57 Å². The van der Waals surface area contributed by atoms with Crippen LogP contribution in [0.4, 0.5) is 0 Å². The molecule has 0 aliphatic carbocycles. The lowest BCUT2D eigenvalue weighted by Crippen LogP contribution is -2.33. The monoisotopic (exact) mass is 268 g/mol. The number of carbonyl (C=O) groups is 1. The summed E-state index contributed by atoms with van der Waals surface area (Å²) in [7, 11) is 0. The largest absolute Gasteiger partial charge is 0.294 e. The van der Waals surface area contributed by atoms with Gasteiger partial charge in [0.05, 0.1) is 0 Å². The molecule has 0 radical (unpaired) electrons. The van der Waals surface area contributed by atoms with Gasteiger partial charge in [0.15, 0.2) is 24.7 Å². The van der Waals surface area contributed by atoms with Gasteiger partial charge in [-0.25, -0.2) is 4.57 Å². The van der Waals surface area contributed by atoms with Crippen LogP contribution in [-0.2, 0) is 6.54 Å². The van der Waals surface area contributed by atoms with Crippen LogP contribution in [0.2, 0.25) is 0 Å². The van der Waals surface area contributed by atoms with Crippen molar-refractivity contribution < 1.29 is 9.36 Å². The van der Waals surface area contributed by atoms with Crippen LogP contribution in [-0.4, -0.2) is 5.78 Å². The van der Waals surface area contributed by atoms with E-state index in [4.69, 9.17) is 0 Å². The summed E-state index contributed by atoms with van der Waals surface area (Å²) < 4.78 is 2.10. The number of benzene rings is 1. The molecular weight excluding hydrogens is 246 g/mol. The van der Waals surface area contributed by atoms with E-state index >= 15 is 0 Å². The molecule has 2 aromatic rings. The van der Waals surface area contributed by atoms with Gasteiger partial charge in [0, 0.05) is 29.7 Å². The minimum atomic E-state index is 0.255. The smallest absolute Gasteiger partial charge is 0.173 e. The van der Waals surface area contributed by atoms with E-state index < -0.39 is 0 Å². The summed E-state index contributed by atoms with van der Waals surface area (Å²) in [5.74, 6) is 0.255. The summed E-state index contributed by atoms with van der Waals surface area (Å²) in [6.07, 6.45) is 7.91. The Morgan fingerprint density at radius 3 is 2.35 bits per heavy atom. The molecule has 0 fully saturated rings. The van der Waals surface area contributed by atoms with Gasteiger partial charge in [0.25, 0.3) is 0 Å². The first kappa shape index (κ1) is 14.4. The summed E-state index contributed by atoms with van der Waals surface area (Å²) in [6.45, 7) is 2.99. The molecule has 0 bridgehead atoms. The van der Waals surface area contributed by atoms with Crippen LogP contribution in [0.1, 0.15) is 48.5 Å². The van der Waals surface area contributed by atoms with Crippen LogP contribution in [0, 0.1) is 0 Å². The number of pyridine rings is 1. The molecule has 2 heteroatoms. The van der Waals surface area contributed by atoms with E-state index in [1.807, 2.05) is 42.7 Å². The van der Waals surface area contributed by atoms with Gasteiger partial charge >= 0.3 is 0 Å². The zero-order valence-corrected chi connectivity index (χ0v) is 12.1. The first-order chi connectivity index (χ1) is 9.79. The minimum Gasteiger partial charge on any atom is -0.294 e. The number of aromatic nitrogens is 1. The van der Waals surface area contributed by atoms with Gasteiger partial charge in [-0.2, -0.15) is 0 Å². The van der Waals surface area contributed by atoms with Gasteiger partial charge in [-0.15, -0.1) is 0 Å². The van der Waals surface area contributed by atoms with E-state index in [9.17, 15) is 4.79 Å². The number of unbranched alkanes of at least 4 members (excludes halogenated alkanes) is 2. The third kappa shape index (κ3) is 4.30. The SMILES string of the molecule is CCCCCC(=O)c1cc[n+](Cc2ccccc2)cc1. The lowest BCUT2D eigenvalue weighted by molar-refractivity contribution is -0.688. The predicted molar refractivity (Wildman–Crippen MR) is 80.7 cm³/mol. The van der Waals surface area contributed by atoms with Crippen molar-refractivity contribution in [3.8, 4) is 0 Å². The molecule has 0 aliphatic heterocycles. The first-order valence-electron chi connectivity index (χ1n) is 7.36. The van der Waals surface area contributed by atoms with Gasteiger partial charge in [-0.1, -0.05) is 50.1 Å². The van der Waals surface area contributed by atoms with Gasteiger partial charge in [-0.3, -0.25) is 4.79 Å². The highest BCUT2D eigenvalue weighted by atomic mass is 16.1. The molecule has 20 heavy (non-hydrogen) atoms. The van der Waals surface area contributed by atoms with Gasteiger partial charge < -0.3 is 0 Å². The summed E-state index contributed by atoms with van der Waals surface area (Å²) in [4.78, 5) is 12.0. The highest BCUT2D eigenvalue weighted by Gasteiger charge is 2.08. The van der Waals surface area contributed by atoms with E-state index in [0.29, 0.717) is 6.42 Å². The van der Waals surface area contributed by atoms with Crippen molar-refractivity contribution in [3.05, 3.63) is 66.0 Å². The maximum Gasteiger partial charge on any atom is 0.173 e. The average Bonchev–Trinajstić information content (AvgIpc) is 2.49. The number of rotatable bonds is 7. The van der Waals surface area contributed by atoms with E-state index in [1.54, 1.807) is 0 Å². The second-order valence-corrected chi connectivity index (χ2v) is 5.13. The van der Waals surface area contributed by atoms with Gasteiger partial charge in [-0.05, 0) is 6.42 Å². The maximum absolute atomic E-state index is 12.0. The molecular formula is C18H22NO+. The Morgan fingerprint density at radius 2 is 1.70 bits per heavy atom. The van der Waals surface area contributed by atoms with Crippen molar-refractivity contribution >= 4 is 5.78 Å². The molecule has 0 unspecified atom stereocenters. The average molecular weight is 268 g/mol. The Hall–Kier alpha value is -1.96. The van der Waals surface area contributed by atoms with Crippen LogP contribution in [0.15, 0.2) is 54.9 Å². The molecule has 104 valence electrons. The van der Waals surface area contributed by atoms with Crippen molar-refractivity contribution in [2.24, 2.45) is 0 Å². The van der Waals surface area contributed by atoms with E-state index in [1.165, 1.54) is 5.56 Å². The zero-order valence-electron chi connectivity index (χ0n) is 12.1. The first-order valence-corrected chi connectivity index (χ1v) is 7.36. The number of ketones is 1. The van der Waals surface area contributed by atoms with Crippen LogP contribution >= 0.6 is 0 Å². The van der Waals surface area contributed by atoms with E-state index in [-0.39, 0.29) is 5.78 Å². The second-order valence-electron chi connectivity index (χ2n) is 5.13. The number of carbonyl (C=O) groups excluding carboxylic acids is 1. The van der Waals surface area contributed by atoms with Gasteiger partial charge in [0.1, 0.15) is 0 Å². The number of Topliss-reactive ketones (excluding diaryl/α,β-unsaturated/α-hetero) is 1. The highest BCUT2D eigenvalue weighted by Crippen LogP contribution is 2.07. The summed E-state index contributed by atoms with van der Waals surface area (Å²) >= 11 is 0. The highest BCUT2D eigenvalue weighted by molar-refractivity contribution is 5.95. The van der Waals surface area contributed by atoms with Crippen molar-refractivity contribution in [3.63, 3.8) is 0 Å². The topological polar surface area (TPSA) is 20.9 Å². The third-order valence-electron chi connectivity index (χ3n) is 3.43. The van der Waals surface area contributed by atoms with Crippen LogP contribution in [0.3, 0.4) is 0 Å². The van der Waals surface area contributed by atoms with Crippen molar-refractivity contribution in [1.29, 1.82) is 0 Å². The molecule has 0 saturated carbocycles. The van der Waals surface area contributed by atoms with Crippen molar-refractivity contribution in [2.75, 3.05) is 0 Å². The molecule has 1 aromatic carbocycles. The normalized spacial score (nSPS) is 10.4. The van der Waals surface area contributed by atoms with Crippen LogP contribution in [0.5, 0.6) is 0 Å². The lowest BCUT2D eigenvalue weighted by atomic mass is 10.1. The van der Waals surface area contributed by atoms with E-state index in [2.05, 4.69) is 23.6 Å². The molecule has 2 rings (SSSR count). The van der Waals surface area contributed by atoms with Crippen molar-refractivity contribution in [2.45, 2.75) is 39.2 Å². The summed E-state index contributed by atoms with van der Waals surface area (Å²) in [5, 5.41) is 0. The molecule has 0 aliphatic rings. The zero-order chi connectivity index (χ0) is 14.2. The Labute approximate surface area is 121 Å². The second kappa shape index (κ2) is 7.59. The van der Waals surface area contributed by atoms with Crippen LogP contribution in [0.25, 0.3) is 0 Å². The standard InChI is InChI=1S/C18H22NO/c1-2-3-5-10-18(20)17-11-13-19(14-12-17)15-16-8-6-4-7-9-16/h4,6-9,11-14H,2-3,5,10,15H2,1H3/q+1. The maximum atomic E-state index is 12.0. The molecule has 0 atom stereocenters.